The maximum absolute atomic E-state index is 11.8. The van der Waals surface area contributed by atoms with Crippen molar-refractivity contribution in [3.05, 3.63) is 28.3 Å². The Balaban J connectivity index is 2.51. The Hall–Kier alpha value is -2.07. The molecule has 0 aliphatic rings. The predicted molar refractivity (Wildman–Crippen MR) is 66.3 cm³/mol. The van der Waals surface area contributed by atoms with E-state index in [0.717, 1.165) is 0 Å². The van der Waals surface area contributed by atoms with E-state index in [4.69, 9.17) is 5.84 Å². The third kappa shape index (κ3) is 5.71. The number of nitro benzene ring substituents is 1. The zero-order valence-corrected chi connectivity index (χ0v) is 10.2. The second-order valence-electron chi connectivity index (χ2n) is 3.76. The highest BCUT2D eigenvalue weighted by atomic mass is 19.4. The summed E-state index contributed by atoms with van der Waals surface area (Å²) in [4.78, 5) is 10.1. The highest BCUT2D eigenvalue weighted by molar-refractivity contribution is 5.63. The van der Waals surface area contributed by atoms with Crippen LogP contribution in [0.15, 0.2) is 18.2 Å². The molecule has 0 fully saturated rings. The van der Waals surface area contributed by atoms with Gasteiger partial charge in [-0.1, -0.05) is 0 Å². The molecule has 4 N–H and O–H groups in total. The van der Waals surface area contributed by atoms with Crippen LogP contribution in [0.2, 0.25) is 0 Å². The molecular formula is C10H13F3N4O3. The topological polar surface area (TPSA) is 102 Å². The average molecular weight is 294 g/mol. The molecule has 7 nitrogen and oxygen atoms in total. The summed E-state index contributed by atoms with van der Waals surface area (Å²) in [6, 6.07) is 3.95. The third-order valence-corrected chi connectivity index (χ3v) is 2.14. The summed E-state index contributed by atoms with van der Waals surface area (Å²) in [5.74, 6) is 5.16. The van der Waals surface area contributed by atoms with Crippen LogP contribution < -0.4 is 16.6 Å². The summed E-state index contributed by atoms with van der Waals surface area (Å²) in [7, 11) is 0. The number of anilines is 2. The van der Waals surface area contributed by atoms with Crippen LogP contribution >= 0.6 is 0 Å². The minimum atomic E-state index is -4.37. The van der Waals surface area contributed by atoms with Gasteiger partial charge in [0.05, 0.1) is 17.2 Å². The molecule has 20 heavy (non-hydrogen) atoms. The number of nitrogens with two attached hydrogens (primary N) is 1. The standard InChI is InChI=1S/C10H13F3N4O3/c11-10(12,13)6-20-2-1-15-7-3-8(16-14)5-9(4-7)17(18)19/h3-5,15-16H,1-2,6,14H2. The number of rotatable bonds is 7. The fourth-order valence-corrected chi connectivity index (χ4v) is 1.36. The first-order valence-electron chi connectivity index (χ1n) is 5.46. The molecule has 0 unspecified atom stereocenters. The minimum Gasteiger partial charge on any atom is -0.382 e. The molecule has 0 atom stereocenters. The van der Waals surface area contributed by atoms with Gasteiger partial charge in [-0.25, -0.2) is 0 Å². The van der Waals surface area contributed by atoms with Crippen molar-refractivity contribution in [3.63, 3.8) is 0 Å². The number of hydrogen-bond acceptors (Lipinski definition) is 6. The lowest BCUT2D eigenvalue weighted by Crippen LogP contribution is -2.20. The quantitative estimate of drug-likeness (QED) is 0.307. The minimum absolute atomic E-state index is 0.0707. The Bertz CT molecular complexity index is 468. The second-order valence-corrected chi connectivity index (χ2v) is 3.76. The number of hydrazine groups is 1. The smallest absolute Gasteiger partial charge is 0.382 e. The van der Waals surface area contributed by atoms with Crippen LogP contribution in [0, 0.1) is 10.1 Å². The molecule has 0 bridgehead atoms. The second kappa shape index (κ2) is 6.91. The number of nitrogens with one attached hydrogen (secondary N) is 2. The van der Waals surface area contributed by atoms with Crippen molar-refractivity contribution >= 4 is 17.1 Å². The Labute approximate surface area is 112 Å². The first kappa shape index (κ1) is 16.0. The van der Waals surface area contributed by atoms with Crippen LogP contribution in [0.3, 0.4) is 0 Å². The van der Waals surface area contributed by atoms with Gasteiger partial charge in [0.1, 0.15) is 6.61 Å². The van der Waals surface area contributed by atoms with Gasteiger partial charge in [-0.15, -0.1) is 0 Å². The summed E-state index contributed by atoms with van der Waals surface area (Å²) in [5, 5.41) is 13.4. The van der Waals surface area contributed by atoms with E-state index >= 15 is 0 Å². The van der Waals surface area contributed by atoms with Crippen molar-refractivity contribution in [2.24, 2.45) is 5.84 Å². The number of benzene rings is 1. The molecule has 0 aliphatic carbocycles. The first-order chi connectivity index (χ1) is 9.31. The van der Waals surface area contributed by atoms with Gasteiger partial charge in [0, 0.05) is 24.4 Å². The van der Waals surface area contributed by atoms with Crippen molar-refractivity contribution in [3.8, 4) is 0 Å². The summed E-state index contributed by atoms with van der Waals surface area (Å²) in [6.45, 7) is -1.45. The normalized spacial score (nSPS) is 11.2. The van der Waals surface area contributed by atoms with E-state index in [0.29, 0.717) is 11.4 Å². The molecule has 0 aromatic heterocycles. The number of nitrogens with zero attached hydrogens (tertiary/aromatic N) is 1. The molecule has 1 aromatic carbocycles. The Morgan fingerprint density at radius 2 is 1.95 bits per heavy atom. The molecule has 0 saturated carbocycles. The zero-order valence-electron chi connectivity index (χ0n) is 10.2. The van der Waals surface area contributed by atoms with E-state index in [2.05, 4.69) is 15.5 Å². The largest absolute Gasteiger partial charge is 0.411 e. The van der Waals surface area contributed by atoms with Gasteiger partial charge in [0.25, 0.3) is 5.69 Å². The van der Waals surface area contributed by atoms with Crippen LogP contribution in [0.25, 0.3) is 0 Å². The molecular weight excluding hydrogens is 281 g/mol. The zero-order chi connectivity index (χ0) is 15.2. The Morgan fingerprint density at radius 1 is 1.30 bits per heavy atom. The van der Waals surface area contributed by atoms with Gasteiger partial charge in [-0.05, 0) is 6.07 Å². The number of nitrogen functional groups attached to an aromatic ring is 1. The van der Waals surface area contributed by atoms with E-state index in [1.165, 1.54) is 18.2 Å². The molecule has 112 valence electrons. The summed E-state index contributed by atoms with van der Waals surface area (Å²) in [5.41, 5.74) is 2.72. The van der Waals surface area contributed by atoms with Gasteiger partial charge >= 0.3 is 6.18 Å². The van der Waals surface area contributed by atoms with Gasteiger partial charge < -0.3 is 15.5 Å². The van der Waals surface area contributed by atoms with E-state index in [-0.39, 0.29) is 18.8 Å². The van der Waals surface area contributed by atoms with Crippen molar-refractivity contribution in [2.45, 2.75) is 6.18 Å². The molecule has 0 amide bonds. The molecule has 0 heterocycles. The highest BCUT2D eigenvalue weighted by Gasteiger charge is 2.27. The van der Waals surface area contributed by atoms with Crippen LogP contribution in [0.5, 0.6) is 0 Å². The van der Waals surface area contributed by atoms with Crippen LogP contribution in [-0.4, -0.2) is 30.9 Å². The Kier molecular flexibility index (Phi) is 5.53. The number of ether oxygens (including phenoxy) is 1. The summed E-state index contributed by atoms with van der Waals surface area (Å²) < 4.78 is 39.8. The van der Waals surface area contributed by atoms with Crippen molar-refractivity contribution in [1.82, 2.24) is 0 Å². The lowest BCUT2D eigenvalue weighted by atomic mass is 10.2. The van der Waals surface area contributed by atoms with Gasteiger partial charge in [0.15, 0.2) is 0 Å². The van der Waals surface area contributed by atoms with E-state index in [9.17, 15) is 23.3 Å². The lowest BCUT2D eigenvalue weighted by molar-refractivity contribution is -0.384. The molecule has 0 spiro atoms. The number of nitro groups is 1. The van der Waals surface area contributed by atoms with Crippen LogP contribution in [0.1, 0.15) is 0 Å². The fraction of sp³-hybridized carbons (Fsp3) is 0.400. The summed E-state index contributed by atoms with van der Waals surface area (Å²) in [6.07, 6.45) is -4.37. The summed E-state index contributed by atoms with van der Waals surface area (Å²) >= 11 is 0. The predicted octanol–water partition coefficient (Wildman–Crippen LogP) is 1.87. The highest BCUT2D eigenvalue weighted by Crippen LogP contribution is 2.23. The maximum atomic E-state index is 11.8. The van der Waals surface area contributed by atoms with Crippen molar-refractivity contribution in [2.75, 3.05) is 30.5 Å². The van der Waals surface area contributed by atoms with Gasteiger partial charge in [0.2, 0.25) is 0 Å². The lowest BCUT2D eigenvalue weighted by Gasteiger charge is -2.10. The van der Waals surface area contributed by atoms with E-state index in [1.807, 2.05) is 0 Å². The van der Waals surface area contributed by atoms with Gasteiger partial charge in [-0.3, -0.25) is 16.0 Å². The monoisotopic (exact) mass is 294 g/mol. The van der Waals surface area contributed by atoms with E-state index in [1.54, 1.807) is 0 Å². The molecule has 1 rings (SSSR count). The van der Waals surface area contributed by atoms with Crippen molar-refractivity contribution < 1.29 is 22.8 Å². The number of non-ortho nitro benzene ring substituents is 1. The average Bonchev–Trinajstić information content (AvgIpc) is 2.36. The number of hydrogen-bond donors (Lipinski definition) is 3. The molecule has 0 radical (unpaired) electrons. The molecule has 0 saturated heterocycles. The third-order valence-electron chi connectivity index (χ3n) is 2.14. The van der Waals surface area contributed by atoms with Crippen LogP contribution in [-0.2, 0) is 4.74 Å². The first-order valence-corrected chi connectivity index (χ1v) is 5.46. The SMILES string of the molecule is NNc1cc(NCCOCC(F)(F)F)cc([N+](=O)[O-])c1. The molecule has 10 heteroatoms. The maximum Gasteiger partial charge on any atom is 0.411 e. The fourth-order valence-electron chi connectivity index (χ4n) is 1.36. The Morgan fingerprint density at radius 3 is 2.50 bits per heavy atom. The number of alkyl halides is 3. The number of halogens is 3. The molecule has 1 aromatic rings. The molecule has 0 aliphatic heterocycles. The van der Waals surface area contributed by atoms with Gasteiger partial charge in [-0.2, -0.15) is 13.2 Å². The van der Waals surface area contributed by atoms with E-state index < -0.39 is 17.7 Å². The van der Waals surface area contributed by atoms with Crippen LogP contribution in [0.4, 0.5) is 30.2 Å². The van der Waals surface area contributed by atoms with Crippen molar-refractivity contribution in [1.29, 1.82) is 0 Å².